The Kier molecular flexibility index (Phi) is 3.64. The first-order valence-electron chi connectivity index (χ1n) is 6.05. The molecule has 0 unspecified atom stereocenters. The third kappa shape index (κ3) is 2.81. The van der Waals surface area contributed by atoms with Gasteiger partial charge in [0.05, 0.1) is 13.7 Å². The lowest BCUT2D eigenvalue weighted by Crippen LogP contribution is -2.08. The second-order valence-electron chi connectivity index (χ2n) is 4.63. The zero-order valence-electron chi connectivity index (χ0n) is 11.6. The normalized spacial score (nSPS) is 10.5. The summed E-state index contributed by atoms with van der Waals surface area (Å²) in [6, 6.07) is 4.28. The van der Waals surface area contributed by atoms with Crippen molar-refractivity contribution in [2.24, 2.45) is 0 Å². The number of rotatable bonds is 3. The van der Waals surface area contributed by atoms with E-state index in [-0.39, 0.29) is 5.82 Å². The average molecular weight is 259 g/mol. The fourth-order valence-corrected chi connectivity index (χ4v) is 2.18. The molecule has 5 nitrogen and oxygen atoms in total. The Balaban J connectivity index is 2.27. The predicted molar refractivity (Wildman–Crippen MR) is 71.1 cm³/mol. The quantitative estimate of drug-likeness (QED) is 0.791. The van der Waals surface area contributed by atoms with Crippen LogP contribution in [-0.2, 0) is 11.3 Å². The number of aryl methyl sites for hydroxylation is 3. The highest BCUT2D eigenvalue weighted by atomic mass is 16.5. The number of hydrogen-bond donors (Lipinski definition) is 0. The van der Waals surface area contributed by atoms with E-state index in [1.165, 1.54) is 29.4 Å². The summed E-state index contributed by atoms with van der Waals surface area (Å²) < 4.78 is 6.24. The Morgan fingerprint density at radius 1 is 1.26 bits per heavy atom. The fourth-order valence-electron chi connectivity index (χ4n) is 2.18. The summed E-state index contributed by atoms with van der Waals surface area (Å²) in [6.45, 7) is 6.83. The third-order valence-corrected chi connectivity index (χ3v) is 3.06. The van der Waals surface area contributed by atoms with Crippen molar-refractivity contribution in [1.82, 2.24) is 14.8 Å². The number of esters is 1. The van der Waals surface area contributed by atoms with Crippen molar-refractivity contribution < 1.29 is 9.53 Å². The minimum absolute atomic E-state index is 0.0879. The second kappa shape index (κ2) is 5.22. The maximum atomic E-state index is 11.3. The van der Waals surface area contributed by atoms with Crippen molar-refractivity contribution in [3.63, 3.8) is 0 Å². The molecule has 1 heterocycles. The predicted octanol–water partition coefficient (Wildman–Crippen LogP) is 2.04. The van der Waals surface area contributed by atoms with E-state index in [2.05, 4.69) is 47.7 Å². The molecule has 100 valence electrons. The summed E-state index contributed by atoms with van der Waals surface area (Å²) in [5.41, 5.74) is 4.87. The van der Waals surface area contributed by atoms with Crippen LogP contribution in [0.5, 0.6) is 0 Å². The fraction of sp³-hybridized carbons (Fsp3) is 0.357. The molecule has 5 heteroatoms. The van der Waals surface area contributed by atoms with Gasteiger partial charge < -0.3 is 4.74 Å². The molecule has 0 atom stereocenters. The Morgan fingerprint density at radius 3 is 2.47 bits per heavy atom. The number of ether oxygens (including phenoxy) is 1. The van der Waals surface area contributed by atoms with Gasteiger partial charge >= 0.3 is 5.97 Å². The SMILES string of the molecule is COC(=O)c1ncn(Cc2c(C)cc(C)cc2C)n1. The van der Waals surface area contributed by atoms with Gasteiger partial charge in [0.25, 0.3) is 5.82 Å². The summed E-state index contributed by atoms with van der Waals surface area (Å²) in [4.78, 5) is 15.2. The first kappa shape index (κ1) is 13.3. The summed E-state index contributed by atoms with van der Waals surface area (Å²) in [5, 5.41) is 4.11. The first-order valence-corrected chi connectivity index (χ1v) is 6.05. The van der Waals surface area contributed by atoms with Crippen LogP contribution in [0.3, 0.4) is 0 Å². The van der Waals surface area contributed by atoms with Gasteiger partial charge in [0, 0.05) is 0 Å². The van der Waals surface area contributed by atoms with Gasteiger partial charge in [-0.25, -0.2) is 14.5 Å². The number of methoxy groups -OCH3 is 1. The molecular weight excluding hydrogens is 242 g/mol. The molecule has 1 aromatic heterocycles. The summed E-state index contributed by atoms with van der Waals surface area (Å²) in [5.74, 6) is -0.430. The molecule has 0 fully saturated rings. The van der Waals surface area contributed by atoms with Crippen molar-refractivity contribution in [2.45, 2.75) is 27.3 Å². The molecule has 2 aromatic rings. The van der Waals surface area contributed by atoms with Crippen LogP contribution < -0.4 is 0 Å². The van der Waals surface area contributed by atoms with Gasteiger partial charge in [-0.2, -0.15) is 0 Å². The summed E-state index contributed by atoms with van der Waals surface area (Å²) in [6.07, 6.45) is 1.55. The van der Waals surface area contributed by atoms with Crippen LogP contribution in [0.1, 0.15) is 32.9 Å². The van der Waals surface area contributed by atoms with Crippen LogP contribution in [0.25, 0.3) is 0 Å². The maximum absolute atomic E-state index is 11.3. The number of hydrogen-bond acceptors (Lipinski definition) is 4. The third-order valence-electron chi connectivity index (χ3n) is 3.06. The number of benzene rings is 1. The van der Waals surface area contributed by atoms with Crippen LogP contribution in [0.2, 0.25) is 0 Å². The highest BCUT2D eigenvalue weighted by Gasteiger charge is 2.12. The van der Waals surface area contributed by atoms with E-state index in [0.29, 0.717) is 6.54 Å². The van der Waals surface area contributed by atoms with E-state index in [9.17, 15) is 4.79 Å². The minimum atomic E-state index is -0.518. The van der Waals surface area contributed by atoms with Crippen LogP contribution >= 0.6 is 0 Å². The van der Waals surface area contributed by atoms with Gasteiger partial charge in [-0.05, 0) is 37.5 Å². The van der Waals surface area contributed by atoms with Gasteiger partial charge in [0.1, 0.15) is 6.33 Å². The van der Waals surface area contributed by atoms with Gasteiger partial charge in [-0.15, -0.1) is 5.10 Å². The smallest absolute Gasteiger partial charge is 0.377 e. The minimum Gasteiger partial charge on any atom is -0.463 e. The van der Waals surface area contributed by atoms with E-state index >= 15 is 0 Å². The number of aromatic nitrogens is 3. The monoisotopic (exact) mass is 259 g/mol. The van der Waals surface area contributed by atoms with Crippen LogP contribution in [-0.4, -0.2) is 27.8 Å². The van der Waals surface area contributed by atoms with E-state index < -0.39 is 5.97 Å². The Bertz CT molecular complexity index is 594. The zero-order chi connectivity index (χ0) is 14.0. The molecule has 2 rings (SSSR count). The molecular formula is C14H17N3O2. The van der Waals surface area contributed by atoms with Gasteiger partial charge in [-0.1, -0.05) is 17.7 Å². The number of carbonyl (C=O) groups is 1. The van der Waals surface area contributed by atoms with Crippen LogP contribution in [0.4, 0.5) is 0 Å². The molecule has 0 amide bonds. The summed E-state index contributed by atoms with van der Waals surface area (Å²) in [7, 11) is 1.32. The van der Waals surface area contributed by atoms with Gasteiger partial charge in [0.2, 0.25) is 0 Å². The molecule has 0 aliphatic carbocycles. The van der Waals surface area contributed by atoms with E-state index in [1.807, 2.05) is 0 Å². The molecule has 0 bridgehead atoms. The molecule has 0 saturated carbocycles. The van der Waals surface area contributed by atoms with Crippen LogP contribution in [0, 0.1) is 20.8 Å². The molecule has 0 N–H and O–H groups in total. The lowest BCUT2D eigenvalue weighted by molar-refractivity contribution is 0.0586. The van der Waals surface area contributed by atoms with Crippen molar-refractivity contribution in [3.05, 3.63) is 46.5 Å². The Hall–Kier alpha value is -2.17. The van der Waals surface area contributed by atoms with Gasteiger partial charge in [0.15, 0.2) is 0 Å². The maximum Gasteiger partial charge on any atom is 0.377 e. The second-order valence-corrected chi connectivity index (χ2v) is 4.63. The van der Waals surface area contributed by atoms with Crippen molar-refractivity contribution in [3.8, 4) is 0 Å². The molecule has 0 spiro atoms. The highest BCUT2D eigenvalue weighted by Crippen LogP contribution is 2.17. The van der Waals surface area contributed by atoms with Gasteiger partial charge in [-0.3, -0.25) is 0 Å². The van der Waals surface area contributed by atoms with Crippen LogP contribution in [0.15, 0.2) is 18.5 Å². The standard InChI is InChI=1S/C14H17N3O2/c1-9-5-10(2)12(11(3)6-9)7-17-8-15-13(16-17)14(18)19-4/h5-6,8H,7H2,1-4H3. The topological polar surface area (TPSA) is 57.0 Å². The molecule has 19 heavy (non-hydrogen) atoms. The Morgan fingerprint density at radius 2 is 1.89 bits per heavy atom. The molecule has 1 aromatic carbocycles. The molecule has 0 aliphatic heterocycles. The largest absolute Gasteiger partial charge is 0.463 e. The lowest BCUT2D eigenvalue weighted by atomic mass is 10.00. The van der Waals surface area contributed by atoms with E-state index in [1.54, 1.807) is 11.0 Å². The summed E-state index contributed by atoms with van der Waals surface area (Å²) >= 11 is 0. The Labute approximate surface area is 112 Å². The van der Waals surface area contributed by atoms with E-state index in [4.69, 9.17) is 0 Å². The first-order chi connectivity index (χ1) is 9.01. The lowest BCUT2D eigenvalue weighted by Gasteiger charge is -2.10. The number of nitrogens with zero attached hydrogens (tertiary/aromatic N) is 3. The molecule has 0 radical (unpaired) electrons. The average Bonchev–Trinajstić information content (AvgIpc) is 2.81. The molecule has 0 aliphatic rings. The zero-order valence-corrected chi connectivity index (χ0v) is 11.6. The molecule has 0 saturated heterocycles. The van der Waals surface area contributed by atoms with Crippen molar-refractivity contribution >= 4 is 5.97 Å². The highest BCUT2D eigenvalue weighted by molar-refractivity contribution is 5.84. The van der Waals surface area contributed by atoms with Crippen molar-refractivity contribution in [1.29, 1.82) is 0 Å². The number of carbonyl (C=O) groups excluding carboxylic acids is 1. The van der Waals surface area contributed by atoms with Crippen molar-refractivity contribution in [2.75, 3.05) is 7.11 Å². The van der Waals surface area contributed by atoms with E-state index in [0.717, 1.165) is 0 Å².